The predicted octanol–water partition coefficient (Wildman–Crippen LogP) is 2.08. The molecule has 0 fully saturated rings. The Kier molecular flexibility index (Phi) is 4.14. The van der Waals surface area contributed by atoms with Crippen molar-refractivity contribution in [2.45, 2.75) is 6.18 Å². The number of aromatic nitrogens is 2. The molecule has 0 aromatic carbocycles. The molecule has 15 heavy (non-hydrogen) atoms. The highest BCUT2D eigenvalue weighted by molar-refractivity contribution is 6.18. The van der Waals surface area contributed by atoms with Crippen LogP contribution in [0.3, 0.4) is 0 Å². The maximum absolute atomic E-state index is 12.2. The fraction of sp³-hybridized carbons (Fsp3) is 0.500. The quantitative estimate of drug-likeness (QED) is 0.754. The smallest absolute Gasteiger partial charge is 0.331 e. The fourth-order valence-electron chi connectivity index (χ4n) is 1.02. The van der Waals surface area contributed by atoms with Crippen molar-refractivity contribution in [2.75, 3.05) is 23.9 Å². The summed E-state index contributed by atoms with van der Waals surface area (Å²) in [6.45, 7) is -1.03. The van der Waals surface area contributed by atoms with Crippen molar-refractivity contribution >= 4 is 17.5 Å². The van der Waals surface area contributed by atoms with Crippen LogP contribution in [0.2, 0.25) is 0 Å². The van der Waals surface area contributed by atoms with Gasteiger partial charge in [0, 0.05) is 24.8 Å². The molecule has 0 radical (unpaired) electrons. The van der Waals surface area contributed by atoms with Crippen molar-refractivity contribution in [1.29, 1.82) is 0 Å². The molecule has 0 unspecified atom stereocenters. The molecule has 0 aliphatic heterocycles. The van der Waals surface area contributed by atoms with E-state index in [1.54, 1.807) is 0 Å². The largest absolute Gasteiger partial charge is 0.406 e. The summed E-state index contributed by atoms with van der Waals surface area (Å²) in [6.07, 6.45) is -1.51. The molecule has 0 aliphatic carbocycles. The van der Waals surface area contributed by atoms with Gasteiger partial charge in [0.25, 0.3) is 0 Å². The van der Waals surface area contributed by atoms with Gasteiger partial charge in [-0.2, -0.15) is 13.2 Å². The summed E-state index contributed by atoms with van der Waals surface area (Å²) in [6, 6.07) is 1.54. The molecule has 84 valence electrons. The van der Waals surface area contributed by atoms with Crippen molar-refractivity contribution < 1.29 is 13.2 Å². The Bertz CT molecular complexity index is 291. The van der Waals surface area contributed by atoms with E-state index >= 15 is 0 Å². The van der Waals surface area contributed by atoms with Crippen LogP contribution >= 0.6 is 11.6 Å². The van der Waals surface area contributed by atoms with Crippen LogP contribution < -0.4 is 4.90 Å². The average molecular weight is 240 g/mol. The lowest BCUT2D eigenvalue weighted by Gasteiger charge is -2.22. The van der Waals surface area contributed by atoms with Gasteiger partial charge in [-0.1, -0.05) is 0 Å². The highest BCUT2D eigenvalue weighted by Crippen LogP contribution is 2.18. The number of rotatable bonds is 4. The number of nitrogens with zero attached hydrogens (tertiary/aromatic N) is 3. The van der Waals surface area contributed by atoms with Crippen molar-refractivity contribution in [2.24, 2.45) is 0 Å². The Morgan fingerprint density at radius 1 is 1.27 bits per heavy atom. The normalized spacial score (nSPS) is 11.5. The fourth-order valence-corrected chi connectivity index (χ4v) is 1.23. The minimum absolute atomic E-state index is 0.0375. The van der Waals surface area contributed by atoms with E-state index in [-0.39, 0.29) is 18.4 Å². The molecule has 7 heteroatoms. The lowest BCUT2D eigenvalue weighted by molar-refractivity contribution is -0.119. The van der Waals surface area contributed by atoms with Gasteiger partial charge in [-0.25, -0.2) is 9.97 Å². The van der Waals surface area contributed by atoms with Crippen LogP contribution in [-0.4, -0.2) is 35.1 Å². The zero-order valence-electron chi connectivity index (χ0n) is 7.71. The van der Waals surface area contributed by atoms with Crippen LogP contribution in [0.1, 0.15) is 0 Å². The summed E-state index contributed by atoms with van der Waals surface area (Å²) in [4.78, 5) is 8.47. The molecule has 3 nitrogen and oxygen atoms in total. The SMILES string of the molecule is FC(F)(F)CN(CCCl)c1ncccn1. The van der Waals surface area contributed by atoms with Gasteiger partial charge in [0.2, 0.25) is 5.95 Å². The van der Waals surface area contributed by atoms with Crippen LogP contribution in [0.15, 0.2) is 18.5 Å². The highest BCUT2D eigenvalue weighted by Gasteiger charge is 2.31. The molecule has 0 amide bonds. The first kappa shape index (κ1) is 12.0. The Morgan fingerprint density at radius 2 is 1.87 bits per heavy atom. The minimum Gasteiger partial charge on any atom is -0.331 e. The van der Waals surface area contributed by atoms with Crippen molar-refractivity contribution in [1.82, 2.24) is 9.97 Å². The molecule has 0 aliphatic rings. The zero-order chi connectivity index (χ0) is 11.3. The predicted molar refractivity (Wildman–Crippen MR) is 51.0 cm³/mol. The lowest BCUT2D eigenvalue weighted by Crippen LogP contribution is -2.36. The number of alkyl halides is 4. The zero-order valence-corrected chi connectivity index (χ0v) is 8.46. The molecule has 1 heterocycles. The third kappa shape index (κ3) is 4.33. The van der Waals surface area contributed by atoms with E-state index in [1.807, 2.05) is 0 Å². The standard InChI is InChI=1S/C8H9ClF3N3/c9-2-5-15(6-8(10,11)12)7-13-3-1-4-14-7/h1,3-4H,2,5-6H2. The number of halogens is 4. The molecule has 0 saturated carbocycles. The van der Waals surface area contributed by atoms with Crippen LogP contribution in [0.25, 0.3) is 0 Å². The van der Waals surface area contributed by atoms with E-state index in [0.29, 0.717) is 0 Å². The Morgan fingerprint density at radius 3 is 2.33 bits per heavy atom. The van der Waals surface area contributed by atoms with Crippen molar-refractivity contribution in [3.63, 3.8) is 0 Å². The van der Waals surface area contributed by atoms with E-state index in [1.165, 1.54) is 18.5 Å². The number of hydrogen-bond acceptors (Lipinski definition) is 3. The summed E-state index contributed by atoms with van der Waals surface area (Å²) < 4.78 is 36.5. The highest BCUT2D eigenvalue weighted by atomic mass is 35.5. The molecule has 0 N–H and O–H groups in total. The van der Waals surface area contributed by atoms with Gasteiger partial charge in [-0.05, 0) is 6.07 Å². The number of anilines is 1. The van der Waals surface area contributed by atoms with E-state index in [2.05, 4.69) is 9.97 Å². The van der Waals surface area contributed by atoms with E-state index in [9.17, 15) is 13.2 Å². The van der Waals surface area contributed by atoms with Gasteiger partial charge in [0.15, 0.2) is 0 Å². The van der Waals surface area contributed by atoms with E-state index in [0.717, 1.165) is 4.90 Å². The first-order valence-electron chi connectivity index (χ1n) is 4.17. The van der Waals surface area contributed by atoms with Gasteiger partial charge in [-0.3, -0.25) is 0 Å². The first-order valence-corrected chi connectivity index (χ1v) is 4.71. The topological polar surface area (TPSA) is 29.0 Å². The Hall–Kier alpha value is -1.04. The number of hydrogen-bond donors (Lipinski definition) is 0. The van der Waals surface area contributed by atoms with Gasteiger partial charge >= 0.3 is 6.18 Å². The minimum atomic E-state index is -4.29. The van der Waals surface area contributed by atoms with Crippen LogP contribution in [0.4, 0.5) is 19.1 Å². The van der Waals surface area contributed by atoms with Crippen molar-refractivity contribution in [3.8, 4) is 0 Å². The summed E-state index contributed by atoms with van der Waals surface area (Å²) in [5.41, 5.74) is 0. The van der Waals surface area contributed by atoms with Gasteiger partial charge in [0.05, 0.1) is 0 Å². The summed E-state index contributed by atoms with van der Waals surface area (Å²) in [5, 5.41) is 0. The molecule has 1 aromatic heterocycles. The molecule has 0 bridgehead atoms. The van der Waals surface area contributed by atoms with Crippen molar-refractivity contribution in [3.05, 3.63) is 18.5 Å². The average Bonchev–Trinajstić information content (AvgIpc) is 2.17. The maximum Gasteiger partial charge on any atom is 0.406 e. The monoisotopic (exact) mass is 239 g/mol. The molecule has 0 spiro atoms. The summed E-state index contributed by atoms with van der Waals surface area (Å²) in [5.74, 6) is 0.129. The molecule has 1 aromatic rings. The molecular formula is C8H9ClF3N3. The molecule has 1 rings (SSSR count). The third-order valence-electron chi connectivity index (χ3n) is 1.56. The van der Waals surface area contributed by atoms with E-state index in [4.69, 9.17) is 11.6 Å². The lowest BCUT2D eigenvalue weighted by atomic mass is 10.5. The second-order valence-electron chi connectivity index (χ2n) is 2.77. The second-order valence-corrected chi connectivity index (χ2v) is 3.15. The van der Waals surface area contributed by atoms with Gasteiger partial charge in [-0.15, -0.1) is 11.6 Å². The van der Waals surface area contributed by atoms with Crippen LogP contribution in [-0.2, 0) is 0 Å². The Balaban J connectivity index is 2.75. The molecule has 0 atom stereocenters. The van der Waals surface area contributed by atoms with Gasteiger partial charge < -0.3 is 4.90 Å². The Labute approximate surface area is 89.9 Å². The first-order chi connectivity index (χ1) is 7.03. The summed E-state index contributed by atoms with van der Waals surface area (Å²) in [7, 11) is 0. The summed E-state index contributed by atoms with van der Waals surface area (Å²) >= 11 is 5.41. The van der Waals surface area contributed by atoms with Crippen LogP contribution in [0.5, 0.6) is 0 Å². The molecule has 0 saturated heterocycles. The van der Waals surface area contributed by atoms with Gasteiger partial charge in [0.1, 0.15) is 6.54 Å². The second kappa shape index (κ2) is 5.16. The van der Waals surface area contributed by atoms with Crippen LogP contribution in [0, 0.1) is 0 Å². The maximum atomic E-state index is 12.2. The molecular weight excluding hydrogens is 231 g/mol. The third-order valence-corrected chi connectivity index (χ3v) is 1.73. The van der Waals surface area contributed by atoms with E-state index < -0.39 is 12.7 Å².